The molecule has 20 heavy (non-hydrogen) atoms. The Kier molecular flexibility index (Phi) is 4.50. The average molecular weight is 272 g/mol. The first-order chi connectivity index (χ1) is 9.65. The number of Topliss-reactive ketones (excluding diaryl/α,β-unsaturated/α-hetero) is 1. The average Bonchev–Trinajstić information content (AvgIpc) is 2.53. The number of carbonyl (C=O) groups excluding carboxylic acids is 1. The third-order valence-electron chi connectivity index (χ3n) is 3.05. The van der Waals surface area contributed by atoms with E-state index < -0.39 is 11.9 Å². The third kappa shape index (κ3) is 3.04. The zero-order chi connectivity index (χ0) is 14.5. The smallest absolute Gasteiger partial charge is 0.195 e. The van der Waals surface area contributed by atoms with Gasteiger partial charge in [-0.1, -0.05) is 30.3 Å². The third-order valence-corrected chi connectivity index (χ3v) is 3.05. The number of ether oxygens (including phenoxy) is 1. The minimum atomic E-state index is -1.25. The van der Waals surface area contributed by atoms with Gasteiger partial charge in [-0.15, -0.1) is 0 Å². The van der Waals surface area contributed by atoms with Crippen LogP contribution in [0.5, 0.6) is 5.75 Å². The maximum absolute atomic E-state index is 12.2. The van der Waals surface area contributed by atoms with E-state index in [1.165, 1.54) is 7.11 Å². The van der Waals surface area contributed by atoms with E-state index in [1.54, 1.807) is 48.5 Å². The number of methoxy groups -OCH3 is 1. The highest BCUT2D eigenvalue weighted by molar-refractivity contribution is 6.00. The van der Waals surface area contributed by atoms with Crippen LogP contribution in [0.25, 0.3) is 0 Å². The largest absolute Gasteiger partial charge is 0.497 e. The first-order valence-electron chi connectivity index (χ1n) is 6.21. The van der Waals surface area contributed by atoms with Crippen LogP contribution in [0.1, 0.15) is 27.6 Å². The maximum Gasteiger partial charge on any atom is 0.195 e. The minimum Gasteiger partial charge on any atom is -0.497 e. The Hall–Kier alpha value is -2.17. The number of rotatable bonds is 5. The highest BCUT2D eigenvalue weighted by Crippen LogP contribution is 2.22. The van der Waals surface area contributed by atoms with Gasteiger partial charge in [0.15, 0.2) is 5.78 Å². The molecule has 0 heterocycles. The molecule has 4 nitrogen and oxygen atoms in total. The van der Waals surface area contributed by atoms with Gasteiger partial charge in [0.1, 0.15) is 11.9 Å². The lowest BCUT2D eigenvalue weighted by molar-refractivity contribution is 0.0747. The van der Waals surface area contributed by atoms with Gasteiger partial charge in [-0.3, -0.25) is 4.79 Å². The molecule has 0 aliphatic carbocycles. The molecule has 0 aliphatic rings. The quantitative estimate of drug-likeness (QED) is 0.818. The molecule has 0 radical (unpaired) electrons. The number of carbonyl (C=O) groups is 1. The van der Waals surface area contributed by atoms with Crippen molar-refractivity contribution in [3.63, 3.8) is 0 Å². The number of hydrogen-bond donors (Lipinski definition) is 2. The fourth-order valence-corrected chi connectivity index (χ4v) is 1.94. The molecule has 2 aromatic carbocycles. The zero-order valence-electron chi connectivity index (χ0n) is 11.1. The van der Waals surface area contributed by atoms with E-state index in [0.717, 1.165) is 0 Å². The summed E-state index contributed by atoms with van der Waals surface area (Å²) in [7, 11) is 1.53. The molecule has 104 valence electrons. The summed E-state index contributed by atoms with van der Waals surface area (Å²) in [5, 5.41) is 19.2. The summed E-state index contributed by atoms with van der Waals surface area (Å²) in [6.45, 7) is -0.142. The van der Waals surface area contributed by atoms with Gasteiger partial charge in [-0.25, -0.2) is 0 Å². The Morgan fingerprint density at radius 2 is 1.95 bits per heavy atom. The summed E-state index contributed by atoms with van der Waals surface area (Å²) in [6, 6.07) is 13.3. The number of hydrogen-bond acceptors (Lipinski definition) is 4. The maximum atomic E-state index is 12.2. The minimum absolute atomic E-state index is 0.142. The highest BCUT2D eigenvalue weighted by Gasteiger charge is 2.19. The van der Waals surface area contributed by atoms with Gasteiger partial charge >= 0.3 is 0 Å². The molecule has 0 saturated heterocycles. The molecular formula is C16H16O4. The van der Waals surface area contributed by atoms with Crippen LogP contribution in [-0.4, -0.2) is 23.1 Å². The summed E-state index contributed by atoms with van der Waals surface area (Å²) >= 11 is 0. The van der Waals surface area contributed by atoms with E-state index in [2.05, 4.69) is 0 Å². The monoisotopic (exact) mass is 272 g/mol. The van der Waals surface area contributed by atoms with Crippen molar-refractivity contribution in [3.8, 4) is 5.75 Å². The molecular weight excluding hydrogens is 256 g/mol. The summed E-state index contributed by atoms with van der Waals surface area (Å²) in [4.78, 5) is 12.2. The zero-order valence-corrected chi connectivity index (χ0v) is 11.1. The summed E-state index contributed by atoms with van der Waals surface area (Å²) < 4.78 is 5.07. The molecule has 0 aliphatic heterocycles. The Bertz CT molecular complexity index is 607. The number of aliphatic hydroxyl groups excluding tert-OH is 2. The van der Waals surface area contributed by atoms with Crippen molar-refractivity contribution in [3.05, 3.63) is 65.2 Å². The Morgan fingerprint density at radius 1 is 1.20 bits per heavy atom. The van der Waals surface area contributed by atoms with Crippen molar-refractivity contribution < 1.29 is 19.7 Å². The van der Waals surface area contributed by atoms with Crippen molar-refractivity contribution in [1.29, 1.82) is 0 Å². The van der Waals surface area contributed by atoms with Crippen LogP contribution >= 0.6 is 0 Å². The second kappa shape index (κ2) is 6.32. The predicted octanol–water partition coefficient (Wildman–Crippen LogP) is 2.10. The van der Waals surface area contributed by atoms with Gasteiger partial charge in [-0.2, -0.15) is 0 Å². The fraction of sp³-hybridized carbons (Fsp3) is 0.188. The van der Waals surface area contributed by atoms with Crippen molar-refractivity contribution in [2.75, 3.05) is 7.11 Å². The molecule has 0 amide bonds. The van der Waals surface area contributed by atoms with E-state index in [4.69, 9.17) is 9.84 Å². The topological polar surface area (TPSA) is 66.8 Å². The molecule has 0 saturated carbocycles. The van der Waals surface area contributed by atoms with E-state index in [-0.39, 0.29) is 6.61 Å². The summed E-state index contributed by atoms with van der Waals surface area (Å²) in [5.41, 5.74) is 1.48. The Labute approximate surface area is 117 Å². The van der Waals surface area contributed by atoms with Crippen LogP contribution in [0.3, 0.4) is 0 Å². The molecule has 0 spiro atoms. The number of benzene rings is 2. The van der Waals surface area contributed by atoms with Gasteiger partial charge in [0.25, 0.3) is 0 Å². The Balaban J connectivity index is 2.27. The lowest BCUT2D eigenvalue weighted by Gasteiger charge is -2.12. The van der Waals surface area contributed by atoms with E-state index in [1.807, 2.05) is 0 Å². The van der Waals surface area contributed by atoms with Gasteiger partial charge < -0.3 is 14.9 Å². The highest BCUT2D eigenvalue weighted by atomic mass is 16.5. The first-order valence-corrected chi connectivity index (χ1v) is 6.21. The van der Waals surface area contributed by atoms with Gasteiger partial charge in [-0.05, 0) is 29.3 Å². The predicted molar refractivity (Wildman–Crippen MR) is 74.6 cm³/mol. The van der Waals surface area contributed by atoms with Crippen LogP contribution in [-0.2, 0) is 6.61 Å². The first kappa shape index (κ1) is 14.2. The lowest BCUT2D eigenvalue weighted by atomic mass is 9.98. The van der Waals surface area contributed by atoms with Crippen molar-refractivity contribution in [2.24, 2.45) is 0 Å². The van der Waals surface area contributed by atoms with Crippen LogP contribution in [0.15, 0.2) is 48.5 Å². The van der Waals surface area contributed by atoms with Crippen molar-refractivity contribution in [2.45, 2.75) is 12.7 Å². The van der Waals surface area contributed by atoms with Crippen molar-refractivity contribution >= 4 is 5.78 Å². The van der Waals surface area contributed by atoms with E-state index >= 15 is 0 Å². The van der Waals surface area contributed by atoms with E-state index in [0.29, 0.717) is 22.4 Å². The standard InChI is InChI=1S/C16H16O4/c1-20-14-7-3-6-13(9-14)16(19)15(18)12-5-2-4-11(8-12)10-17/h2-9,16-17,19H,10H2,1H3. The second-order valence-corrected chi connectivity index (χ2v) is 4.40. The normalized spacial score (nSPS) is 11.9. The van der Waals surface area contributed by atoms with Gasteiger partial charge in [0.2, 0.25) is 0 Å². The molecule has 0 fully saturated rings. The molecule has 1 unspecified atom stereocenters. The molecule has 4 heteroatoms. The summed E-state index contributed by atoms with van der Waals surface area (Å²) in [6.07, 6.45) is -1.25. The van der Waals surface area contributed by atoms with Crippen LogP contribution in [0, 0.1) is 0 Å². The lowest BCUT2D eigenvalue weighted by Crippen LogP contribution is -2.12. The molecule has 2 aromatic rings. The Morgan fingerprint density at radius 3 is 2.65 bits per heavy atom. The SMILES string of the molecule is COc1cccc(C(O)C(=O)c2cccc(CO)c2)c1. The van der Waals surface area contributed by atoms with Crippen LogP contribution in [0.2, 0.25) is 0 Å². The van der Waals surface area contributed by atoms with Gasteiger partial charge in [0, 0.05) is 5.56 Å². The van der Waals surface area contributed by atoms with Gasteiger partial charge in [0.05, 0.1) is 13.7 Å². The molecule has 1 atom stereocenters. The molecule has 0 aromatic heterocycles. The van der Waals surface area contributed by atoms with Crippen molar-refractivity contribution in [1.82, 2.24) is 0 Å². The second-order valence-electron chi connectivity index (χ2n) is 4.40. The molecule has 2 rings (SSSR count). The number of aliphatic hydroxyl groups is 2. The van der Waals surface area contributed by atoms with Crippen LogP contribution in [0.4, 0.5) is 0 Å². The summed E-state index contributed by atoms with van der Waals surface area (Å²) in [5.74, 6) is 0.173. The van der Waals surface area contributed by atoms with E-state index in [9.17, 15) is 9.90 Å². The number of ketones is 1. The van der Waals surface area contributed by atoms with Crippen LogP contribution < -0.4 is 4.74 Å². The molecule has 0 bridgehead atoms. The molecule has 2 N–H and O–H groups in total. The fourth-order valence-electron chi connectivity index (χ4n) is 1.94.